The summed E-state index contributed by atoms with van der Waals surface area (Å²) in [5.74, 6) is 0. The third kappa shape index (κ3) is 0.391. The summed E-state index contributed by atoms with van der Waals surface area (Å²) in [5, 5.41) is 5.58. The largest absolute Gasteiger partial charge is 0.355 e. The first-order valence-electron chi connectivity index (χ1n) is 2.25. The lowest BCUT2D eigenvalue weighted by Crippen LogP contribution is -1.43. The summed E-state index contributed by atoms with van der Waals surface area (Å²) in [4.78, 5) is 0. The van der Waals surface area contributed by atoms with Crippen molar-refractivity contribution in [2.75, 3.05) is 0 Å². The van der Waals surface area contributed by atoms with Crippen LogP contribution in [-0.2, 0) is 0 Å². The molecule has 0 bridgehead atoms. The first-order chi connectivity index (χ1) is 3.97. The molecule has 0 fully saturated rings. The number of rotatable bonds is 0. The highest BCUT2D eigenvalue weighted by Crippen LogP contribution is 2.18. The highest BCUT2D eigenvalue weighted by Gasteiger charge is 1.94. The molecule has 3 heteroatoms. The third-order valence-electron chi connectivity index (χ3n) is 0.978. The zero-order valence-corrected chi connectivity index (χ0v) is 4.81. The quantitative estimate of drug-likeness (QED) is 0.537. The van der Waals surface area contributed by atoms with Crippen molar-refractivity contribution in [3.63, 3.8) is 0 Å². The number of nitrogens with zero attached hydrogens (tertiary/aromatic N) is 1. The molecule has 0 atom stereocenters. The molecule has 0 spiro atoms. The molecular formula is C5H3NOS. The van der Waals surface area contributed by atoms with E-state index in [0.29, 0.717) is 0 Å². The van der Waals surface area contributed by atoms with Crippen LogP contribution in [0.1, 0.15) is 0 Å². The molecule has 2 aromatic heterocycles. The van der Waals surface area contributed by atoms with E-state index in [4.69, 9.17) is 4.52 Å². The van der Waals surface area contributed by atoms with Crippen LogP contribution in [0.3, 0.4) is 0 Å². The van der Waals surface area contributed by atoms with Crippen LogP contribution < -0.4 is 0 Å². The molecule has 40 valence electrons. The van der Waals surface area contributed by atoms with Gasteiger partial charge in [-0.3, -0.25) is 0 Å². The van der Waals surface area contributed by atoms with Crippen LogP contribution in [0.25, 0.3) is 10.3 Å². The van der Waals surface area contributed by atoms with Gasteiger partial charge in [0.15, 0.2) is 5.58 Å². The topological polar surface area (TPSA) is 26.0 Å². The van der Waals surface area contributed by atoms with Gasteiger partial charge in [0.1, 0.15) is 0 Å². The standard InChI is InChI=1S/C5H3NOS/c1-2-8-5-3-6-7-4(1)5/h1-3H. The molecule has 0 N–H and O–H groups in total. The van der Waals surface area contributed by atoms with Gasteiger partial charge in [-0.1, -0.05) is 5.16 Å². The molecule has 0 saturated heterocycles. The van der Waals surface area contributed by atoms with Gasteiger partial charge < -0.3 is 4.52 Å². The number of fused-ring (bicyclic) bond motifs is 1. The van der Waals surface area contributed by atoms with Crippen molar-refractivity contribution in [3.8, 4) is 0 Å². The lowest BCUT2D eigenvalue weighted by molar-refractivity contribution is 0.456. The summed E-state index contributed by atoms with van der Waals surface area (Å²) in [5.41, 5.74) is 0.884. The fourth-order valence-electron chi connectivity index (χ4n) is 0.610. The highest BCUT2D eigenvalue weighted by atomic mass is 32.1. The van der Waals surface area contributed by atoms with Crippen molar-refractivity contribution in [3.05, 3.63) is 17.6 Å². The van der Waals surface area contributed by atoms with Crippen LogP contribution in [0.15, 0.2) is 22.2 Å². The van der Waals surface area contributed by atoms with Crippen LogP contribution in [0.2, 0.25) is 0 Å². The van der Waals surface area contributed by atoms with Gasteiger partial charge in [-0.15, -0.1) is 11.3 Å². The summed E-state index contributed by atoms with van der Waals surface area (Å²) >= 11 is 1.64. The summed E-state index contributed by atoms with van der Waals surface area (Å²) in [6.07, 6.45) is 1.72. The second-order valence-electron chi connectivity index (χ2n) is 1.47. The predicted molar refractivity (Wildman–Crippen MR) is 31.9 cm³/mol. The van der Waals surface area contributed by atoms with E-state index in [1.165, 1.54) is 0 Å². The van der Waals surface area contributed by atoms with Gasteiger partial charge in [0.25, 0.3) is 0 Å². The molecule has 0 aliphatic heterocycles. The van der Waals surface area contributed by atoms with E-state index < -0.39 is 0 Å². The van der Waals surface area contributed by atoms with Gasteiger partial charge in [0.2, 0.25) is 0 Å². The Balaban J connectivity index is 3.06. The highest BCUT2D eigenvalue weighted by molar-refractivity contribution is 7.17. The Morgan fingerprint density at radius 1 is 1.62 bits per heavy atom. The fraction of sp³-hybridized carbons (Fsp3) is 0. The Bertz CT molecular complexity index is 234. The van der Waals surface area contributed by atoms with Crippen LogP contribution in [0.5, 0.6) is 0 Å². The van der Waals surface area contributed by atoms with Crippen LogP contribution in [0, 0.1) is 0 Å². The maximum absolute atomic E-state index is 4.82. The van der Waals surface area contributed by atoms with Crippen LogP contribution in [-0.4, -0.2) is 5.16 Å². The third-order valence-corrected chi connectivity index (χ3v) is 1.81. The van der Waals surface area contributed by atoms with E-state index in [1.807, 2.05) is 11.4 Å². The summed E-state index contributed by atoms with van der Waals surface area (Å²) in [6.45, 7) is 0. The molecule has 0 aliphatic rings. The molecule has 0 aliphatic carbocycles. The molecule has 2 rings (SSSR count). The van der Waals surface area contributed by atoms with E-state index in [0.717, 1.165) is 10.3 Å². The smallest absolute Gasteiger partial charge is 0.177 e. The second-order valence-corrected chi connectivity index (χ2v) is 2.42. The number of aromatic nitrogens is 1. The first kappa shape index (κ1) is 4.09. The minimum atomic E-state index is 0.884. The van der Waals surface area contributed by atoms with Gasteiger partial charge in [0.05, 0.1) is 10.9 Å². The molecule has 2 aromatic rings. The van der Waals surface area contributed by atoms with Crippen molar-refractivity contribution in [2.24, 2.45) is 0 Å². The van der Waals surface area contributed by atoms with Crippen molar-refractivity contribution in [1.29, 1.82) is 0 Å². The minimum absolute atomic E-state index is 0.884. The van der Waals surface area contributed by atoms with E-state index in [2.05, 4.69) is 5.16 Å². The molecule has 0 aromatic carbocycles. The number of hydrogen-bond donors (Lipinski definition) is 0. The first-order valence-corrected chi connectivity index (χ1v) is 3.13. The fourth-order valence-corrected chi connectivity index (χ4v) is 1.27. The van der Waals surface area contributed by atoms with Crippen molar-refractivity contribution in [2.45, 2.75) is 0 Å². The summed E-state index contributed by atoms with van der Waals surface area (Å²) < 4.78 is 5.93. The van der Waals surface area contributed by atoms with Crippen molar-refractivity contribution in [1.82, 2.24) is 5.16 Å². The lowest BCUT2D eigenvalue weighted by Gasteiger charge is -1.61. The Hall–Kier alpha value is -0.830. The maximum Gasteiger partial charge on any atom is 0.177 e. The average Bonchev–Trinajstić information content (AvgIpc) is 2.15. The maximum atomic E-state index is 4.82. The SMILES string of the molecule is c1cc2oncc2s1. The van der Waals surface area contributed by atoms with Crippen LogP contribution in [0.4, 0.5) is 0 Å². The monoisotopic (exact) mass is 125 g/mol. The molecule has 2 heterocycles. The second kappa shape index (κ2) is 1.32. The Kier molecular flexibility index (Phi) is 0.676. The van der Waals surface area contributed by atoms with Crippen molar-refractivity contribution < 1.29 is 4.52 Å². The van der Waals surface area contributed by atoms with E-state index in [-0.39, 0.29) is 0 Å². The van der Waals surface area contributed by atoms with Gasteiger partial charge in [-0.05, 0) is 11.4 Å². The molecule has 0 amide bonds. The van der Waals surface area contributed by atoms with Gasteiger partial charge in [0, 0.05) is 0 Å². The zero-order valence-electron chi connectivity index (χ0n) is 4.00. The molecule has 8 heavy (non-hydrogen) atoms. The lowest BCUT2D eigenvalue weighted by atomic mass is 10.5. The molecule has 0 saturated carbocycles. The van der Waals surface area contributed by atoms with Crippen molar-refractivity contribution >= 4 is 21.6 Å². The van der Waals surface area contributed by atoms with Gasteiger partial charge >= 0.3 is 0 Å². The Morgan fingerprint density at radius 3 is 3.50 bits per heavy atom. The predicted octanol–water partition coefficient (Wildman–Crippen LogP) is 1.89. The number of thiophene rings is 1. The van der Waals surface area contributed by atoms with Gasteiger partial charge in [-0.25, -0.2) is 0 Å². The molecular weight excluding hydrogens is 122 g/mol. The van der Waals surface area contributed by atoms with Crippen LogP contribution >= 0.6 is 11.3 Å². The summed E-state index contributed by atoms with van der Waals surface area (Å²) in [7, 11) is 0. The minimum Gasteiger partial charge on any atom is -0.355 e. The molecule has 0 unspecified atom stereocenters. The van der Waals surface area contributed by atoms with Gasteiger partial charge in [-0.2, -0.15) is 0 Å². The summed E-state index contributed by atoms with van der Waals surface area (Å²) in [6, 6.07) is 1.91. The van der Waals surface area contributed by atoms with E-state index >= 15 is 0 Å². The van der Waals surface area contributed by atoms with E-state index in [9.17, 15) is 0 Å². The average molecular weight is 125 g/mol. The van der Waals surface area contributed by atoms with E-state index in [1.54, 1.807) is 17.5 Å². The molecule has 2 nitrogen and oxygen atoms in total. The number of hydrogen-bond acceptors (Lipinski definition) is 3. The Labute approximate surface area is 49.7 Å². The Morgan fingerprint density at radius 2 is 2.62 bits per heavy atom. The normalized spacial score (nSPS) is 10.5. The molecule has 0 radical (unpaired) electrons. The zero-order chi connectivity index (χ0) is 5.40.